The fourth-order valence-electron chi connectivity index (χ4n) is 1.44. The summed E-state index contributed by atoms with van der Waals surface area (Å²) in [6.45, 7) is 5.18. The third-order valence-corrected chi connectivity index (χ3v) is 3.89. The second-order valence-corrected chi connectivity index (χ2v) is 5.40. The van der Waals surface area contributed by atoms with Crippen LogP contribution < -0.4 is 10.0 Å². The van der Waals surface area contributed by atoms with Gasteiger partial charge in [0.15, 0.2) is 0 Å². The Morgan fingerprint density at radius 1 is 1.29 bits per heavy atom. The minimum atomic E-state index is -3.54. The topological polar surface area (TPSA) is 58.2 Å². The minimum absolute atomic E-state index is 0.121. The van der Waals surface area contributed by atoms with E-state index in [4.69, 9.17) is 0 Å². The Kier molecular flexibility index (Phi) is 5.04. The Labute approximate surface area is 101 Å². The molecule has 0 fully saturated rings. The van der Waals surface area contributed by atoms with Crippen LogP contribution in [0.3, 0.4) is 0 Å². The highest BCUT2D eigenvalue weighted by Gasteiger charge is 2.16. The fourth-order valence-corrected chi connectivity index (χ4v) is 2.70. The molecular formula is C11H17FN2O2S. The van der Waals surface area contributed by atoms with Crippen LogP contribution in [0.1, 0.15) is 12.5 Å². The summed E-state index contributed by atoms with van der Waals surface area (Å²) in [7, 11) is -3.54. The van der Waals surface area contributed by atoms with E-state index in [2.05, 4.69) is 10.0 Å². The molecule has 0 radical (unpaired) electrons. The van der Waals surface area contributed by atoms with Crippen molar-refractivity contribution in [2.75, 3.05) is 19.6 Å². The Bertz CT molecular complexity index is 474. The summed E-state index contributed by atoms with van der Waals surface area (Å²) in [6.07, 6.45) is 0. The number of nitrogens with one attached hydrogen (secondary N) is 2. The average molecular weight is 260 g/mol. The van der Waals surface area contributed by atoms with Crippen molar-refractivity contribution in [2.45, 2.75) is 18.7 Å². The van der Waals surface area contributed by atoms with E-state index in [0.717, 1.165) is 12.6 Å². The standard InChI is InChI=1S/C11H17FN2O2S/c1-3-13-6-7-14-17(15,16)11-5-4-10(12)8-9(11)2/h4-5,8,13-14H,3,6-7H2,1-2H3. The van der Waals surface area contributed by atoms with E-state index in [1.54, 1.807) is 6.92 Å². The fraction of sp³-hybridized carbons (Fsp3) is 0.455. The molecular weight excluding hydrogens is 243 g/mol. The minimum Gasteiger partial charge on any atom is -0.316 e. The molecule has 17 heavy (non-hydrogen) atoms. The third kappa shape index (κ3) is 4.07. The lowest BCUT2D eigenvalue weighted by molar-refractivity contribution is 0.575. The summed E-state index contributed by atoms with van der Waals surface area (Å²) in [4.78, 5) is 0.121. The SMILES string of the molecule is CCNCCNS(=O)(=O)c1ccc(F)cc1C. The zero-order chi connectivity index (χ0) is 12.9. The predicted octanol–water partition coefficient (Wildman–Crippen LogP) is 1.02. The van der Waals surface area contributed by atoms with Gasteiger partial charge in [-0.2, -0.15) is 0 Å². The van der Waals surface area contributed by atoms with Crippen molar-refractivity contribution >= 4 is 10.0 Å². The van der Waals surface area contributed by atoms with Crippen LogP contribution >= 0.6 is 0 Å². The summed E-state index contributed by atoms with van der Waals surface area (Å²) in [5, 5.41) is 3.01. The number of likely N-dealkylation sites (N-methyl/N-ethyl adjacent to an activating group) is 1. The number of hydrogen-bond donors (Lipinski definition) is 2. The molecule has 0 amide bonds. The van der Waals surface area contributed by atoms with E-state index in [1.165, 1.54) is 12.1 Å². The molecule has 0 atom stereocenters. The molecule has 0 aliphatic rings. The molecule has 96 valence electrons. The van der Waals surface area contributed by atoms with E-state index in [-0.39, 0.29) is 4.90 Å². The lowest BCUT2D eigenvalue weighted by Gasteiger charge is -2.09. The van der Waals surface area contributed by atoms with Gasteiger partial charge in [0.2, 0.25) is 10.0 Å². The Balaban J connectivity index is 2.76. The highest BCUT2D eigenvalue weighted by molar-refractivity contribution is 7.89. The van der Waals surface area contributed by atoms with Gasteiger partial charge in [0.1, 0.15) is 5.82 Å². The van der Waals surface area contributed by atoms with Crippen molar-refractivity contribution in [2.24, 2.45) is 0 Å². The predicted molar refractivity (Wildman–Crippen MR) is 64.9 cm³/mol. The van der Waals surface area contributed by atoms with Crippen LogP contribution in [-0.2, 0) is 10.0 Å². The van der Waals surface area contributed by atoms with E-state index in [0.29, 0.717) is 18.7 Å². The van der Waals surface area contributed by atoms with E-state index in [9.17, 15) is 12.8 Å². The van der Waals surface area contributed by atoms with Crippen LogP contribution in [0.25, 0.3) is 0 Å². The summed E-state index contributed by atoms with van der Waals surface area (Å²) in [6, 6.07) is 3.63. The van der Waals surface area contributed by atoms with Gasteiger partial charge in [0.05, 0.1) is 4.90 Å². The van der Waals surface area contributed by atoms with Crippen molar-refractivity contribution in [3.05, 3.63) is 29.6 Å². The molecule has 1 rings (SSSR count). The number of halogens is 1. The highest BCUT2D eigenvalue weighted by Crippen LogP contribution is 2.15. The van der Waals surface area contributed by atoms with Crippen LogP contribution in [0.4, 0.5) is 4.39 Å². The molecule has 0 spiro atoms. The molecule has 0 saturated heterocycles. The maximum absolute atomic E-state index is 12.9. The van der Waals surface area contributed by atoms with Crippen LogP contribution in [0.15, 0.2) is 23.1 Å². The number of sulfonamides is 1. The van der Waals surface area contributed by atoms with Crippen LogP contribution in [-0.4, -0.2) is 28.1 Å². The molecule has 0 aliphatic heterocycles. The Morgan fingerprint density at radius 2 is 2.00 bits per heavy atom. The molecule has 1 aromatic carbocycles. The Hall–Kier alpha value is -0.980. The smallest absolute Gasteiger partial charge is 0.240 e. The molecule has 0 unspecified atom stereocenters. The lowest BCUT2D eigenvalue weighted by Crippen LogP contribution is -2.32. The number of benzene rings is 1. The van der Waals surface area contributed by atoms with Crippen molar-refractivity contribution in [1.82, 2.24) is 10.0 Å². The van der Waals surface area contributed by atoms with Gasteiger partial charge in [-0.25, -0.2) is 17.5 Å². The monoisotopic (exact) mass is 260 g/mol. The largest absolute Gasteiger partial charge is 0.316 e. The maximum atomic E-state index is 12.9. The van der Waals surface area contributed by atoms with Gasteiger partial charge in [-0.15, -0.1) is 0 Å². The van der Waals surface area contributed by atoms with Gasteiger partial charge in [-0.05, 0) is 37.2 Å². The zero-order valence-corrected chi connectivity index (χ0v) is 10.8. The first kappa shape index (κ1) is 14.1. The third-order valence-electron chi connectivity index (χ3n) is 2.27. The summed E-state index contributed by atoms with van der Waals surface area (Å²) >= 11 is 0. The highest BCUT2D eigenvalue weighted by atomic mass is 32.2. The Morgan fingerprint density at radius 3 is 2.59 bits per heavy atom. The maximum Gasteiger partial charge on any atom is 0.240 e. The van der Waals surface area contributed by atoms with Gasteiger partial charge in [0, 0.05) is 13.1 Å². The molecule has 0 saturated carbocycles. The molecule has 0 aliphatic carbocycles. The molecule has 1 aromatic rings. The molecule has 6 heteroatoms. The number of rotatable bonds is 6. The van der Waals surface area contributed by atoms with E-state index < -0.39 is 15.8 Å². The molecule has 4 nitrogen and oxygen atoms in total. The first-order valence-corrected chi connectivity index (χ1v) is 6.92. The summed E-state index contributed by atoms with van der Waals surface area (Å²) in [5.74, 6) is -0.436. The molecule has 0 aromatic heterocycles. The molecule has 0 heterocycles. The number of hydrogen-bond acceptors (Lipinski definition) is 3. The quantitative estimate of drug-likeness (QED) is 0.751. The molecule has 0 bridgehead atoms. The normalized spacial score (nSPS) is 11.7. The second-order valence-electron chi connectivity index (χ2n) is 3.66. The summed E-state index contributed by atoms with van der Waals surface area (Å²) < 4.78 is 39.1. The van der Waals surface area contributed by atoms with Crippen LogP contribution in [0.5, 0.6) is 0 Å². The van der Waals surface area contributed by atoms with E-state index >= 15 is 0 Å². The first-order valence-electron chi connectivity index (χ1n) is 5.44. The number of aryl methyl sites for hydroxylation is 1. The second kappa shape index (κ2) is 6.09. The van der Waals surface area contributed by atoms with Crippen molar-refractivity contribution in [3.8, 4) is 0 Å². The van der Waals surface area contributed by atoms with Crippen molar-refractivity contribution in [3.63, 3.8) is 0 Å². The van der Waals surface area contributed by atoms with Gasteiger partial charge < -0.3 is 5.32 Å². The summed E-state index contributed by atoms with van der Waals surface area (Å²) in [5.41, 5.74) is 0.404. The van der Waals surface area contributed by atoms with E-state index in [1.807, 2.05) is 6.92 Å². The first-order chi connectivity index (χ1) is 7.97. The van der Waals surface area contributed by atoms with Crippen LogP contribution in [0.2, 0.25) is 0 Å². The molecule has 2 N–H and O–H groups in total. The van der Waals surface area contributed by atoms with Crippen LogP contribution in [0, 0.1) is 12.7 Å². The van der Waals surface area contributed by atoms with Gasteiger partial charge in [-0.3, -0.25) is 0 Å². The zero-order valence-electron chi connectivity index (χ0n) is 9.96. The van der Waals surface area contributed by atoms with Gasteiger partial charge >= 0.3 is 0 Å². The van der Waals surface area contributed by atoms with Crippen molar-refractivity contribution in [1.29, 1.82) is 0 Å². The van der Waals surface area contributed by atoms with Crippen molar-refractivity contribution < 1.29 is 12.8 Å². The average Bonchev–Trinajstić information content (AvgIpc) is 2.24. The van der Waals surface area contributed by atoms with Gasteiger partial charge in [-0.1, -0.05) is 6.92 Å². The lowest BCUT2D eigenvalue weighted by atomic mass is 10.2. The van der Waals surface area contributed by atoms with Gasteiger partial charge in [0.25, 0.3) is 0 Å².